The van der Waals surface area contributed by atoms with Crippen LogP contribution in [0.1, 0.15) is 20.8 Å². The second-order valence-electron chi connectivity index (χ2n) is 3.33. The Morgan fingerprint density at radius 3 is 2.17 bits per heavy atom. The summed E-state index contributed by atoms with van der Waals surface area (Å²) in [6.07, 6.45) is 5.71. The third kappa shape index (κ3) is 4.22. The SMILES string of the molecule is C=C/C=C(\C=C)C(C)[B]C(C)C. The van der Waals surface area contributed by atoms with Crippen LogP contribution in [0.15, 0.2) is 37.0 Å². The third-order valence-corrected chi connectivity index (χ3v) is 1.75. The second-order valence-corrected chi connectivity index (χ2v) is 3.33. The van der Waals surface area contributed by atoms with Gasteiger partial charge in [-0.25, -0.2) is 0 Å². The molecule has 1 unspecified atom stereocenters. The minimum Gasteiger partial charge on any atom is -0.0991 e. The molecule has 0 fully saturated rings. The summed E-state index contributed by atoms with van der Waals surface area (Å²) < 4.78 is 0. The van der Waals surface area contributed by atoms with Gasteiger partial charge < -0.3 is 0 Å². The van der Waals surface area contributed by atoms with Crippen molar-refractivity contribution in [1.29, 1.82) is 0 Å². The maximum Gasteiger partial charge on any atom is 0.122 e. The highest BCUT2D eigenvalue weighted by Crippen LogP contribution is 2.20. The zero-order chi connectivity index (χ0) is 9.56. The molecule has 0 heterocycles. The van der Waals surface area contributed by atoms with E-state index in [-0.39, 0.29) is 0 Å². The first-order valence-corrected chi connectivity index (χ1v) is 4.41. The van der Waals surface area contributed by atoms with Crippen LogP contribution in [0.5, 0.6) is 0 Å². The highest BCUT2D eigenvalue weighted by atomic mass is 14.0. The lowest BCUT2D eigenvalue weighted by Crippen LogP contribution is -2.04. The molecule has 0 bridgehead atoms. The number of hydrogen-bond acceptors (Lipinski definition) is 0. The van der Waals surface area contributed by atoms with Crippen molar-refractivity contribution in [3.63, 3.8) is 0 Å². The molecule has 0 aliphatic carbocycles. The van der Waals surface area contributed by atoms with Crippen LogP contribution < -0.4 is 0 Å². The van der Waals surface area contributed by atoms with Crippen LogP contribution in [0.3, 0.4) is 0 Å². The predicted molar refractivity (Wildman–Crippen MR) is 58.8 cm³/mol. The van der Waals surface area contributed by atoms with E-state index in [0.717, 1.165) is 0 Å². The van der Waals surface area contributed by atoms with Crippen molar-refractivity contribution in [3.8, 4) is 0 Å². The first-order chi connectivity index (χ1) is 5.61. The number of allylic oxidation sites excluding steroid dienone is 4. The zero-order valence-electron chi connectivity index (χ0n) is 8.38. The standard InChI is InChI=1S/C11H18B/c1-6-8-11(7-2)10(5)12-9(3)4/h6-10H,1-2H2,3-5H3/b11-8+. The Hall–Kier alpha value is -0.715. The lowest BCUT2D eigenvalue weighted by Gasteiger charge is -2.13. The molecule has 1 radical (unpaired) electrons. The summed E-state index contributed by atoms with van der Waals surface area (Å²) in [5.41, 5.74) is 1.23. The molecule has 1 atom stereocenters. The Balaban J connectivity index is 4.21. The van der Waals surface area contributed by atoms with Crippen LogP contribution >= 0.6 is 0 Å². The quantitative estimate of drug-likeness (QED) is 0.426. The van der Waals surface area contributed by atoms with Gasteiger partial charge in [0.05, 0.1) is 0 Å². The minimum absolute atomic E-state index is 0.473. The summed E-state index contributed by atoms with van der Waals surface area (Å²) in [5.74, 6) is 1.09. The largest absolute Gasteiger partial charge is 0.122 e. The van der Waals surface area contributed by atoms with Gasteiger partial charge in [-0.1, -0.05) is 63.5 Å². The second kappa shape index (κ2) is 5.88. The van der Waals surface area contributed by atoms with Crippen LogP contribution in [-0.4, -0.2) is 7.28 Å². The van der Waals surface area contributed by atoms with Gasteiger partial charge in [-0.2, -0.15) is 0 Å². The molecule has 65 valence electrons. The first-order valence-electron chi connectivity index (χ1n) is 4.41. The third-order valence-electron chi connectivity index (χ3n) is 1.75. The van der Waals surface area contributed by atoms with Gasteiger partial charge in [-0.15, -0.1) is 0 Å². The molecule has 0 aliphatic heterocycles. The molecule has 0 saturated heterocycles. The molecule has 0 spiro atoms. The Bertz CT molecular complexity index is 177. The summed E-state index contributed by atoms with van der Waals surface area (Å²) in [4.78, 5) is 0. The molecule has 12 heavy (non-hydrogen) atoms. The average Bonchev–Trinajstić information content (AvgIpc) is 1.98. The van der Waals surface area contributed by atoms with E-state index in [1.807, 2.05) is 18.2 Å². The van der Waals surface area contributed by atoms with Crippen LogP contribution in [-0.2, 0) is 0 Å². The molecule has 0 saturated carbocycles. The summed E-state index contributed by atoms with van der Waals surface area (Å²) in [5, 5.41) is 0. The van der Waals surface area contributed by atoms with Gasteiger partial charge in [0, 0.05) is 0 Å². The molecule has 1 heteroatoms. The maximum absolute atomic E-state index is 3.77. The van der Waals surface area contributed by atoms with Crippen LogP contribution in [0, 0.1) is 0 Å². The highest BCUT2D eigenvalue weighted by molar-refractivity contribution is 6.40. The normalized spacial score (nSPS) is 14.2. The van der Waals surface area contributed by atoms with E-state index >= 15 is 0 Å². The van der Waals surface area contributed by atoms with Crippen molar-refractivity contribution in [2.75, 3.05) is 0 Å². The van der Waals surface area contributed by atoms with Gasteiger partial charge in [-0.05, 0) is 5.82 Å². The molecule has 0 aliphatic rings. The van der Waals surface area contributed by atoms with Gasteiger partial charge in [-0.3, -0.25) is 0 Å². The van der Waals surface area contributed by atoms with Gasteiger partial charge in [0.2, 0.25) is 0 Å². The van der Waals surface area contributed by atoms with Crippen LogP contribution in [0.2, 0.25) is 11.6 Å². The van der Waals surface area contributed by atoms with Crippen molar-refractivity contribution >= 4 is 7.28 Å². The average molecular weight is 161 g/mol. The fourth-order valence-electron chi connectivity index (χ4n) is 1.23. The number of rotatable bonds is 5. The first kappa shape index (κ1) is 11.3. The molecule has 0 amide bonds. The molecule has 0 rings (SSSR count). The van der Waals surface area contributed by atoms with Gasteiger partial charge in [0.1, 0.15) is 7.28 Å². The van der Waals surface area contributed by atoms with Crippen molar-refractivity contribution in [1.82, 2.24) is 0 Å². The summed E-state index contributed by atoms with van der Waals surface area (Å²) in [6, 6.07) is 0. The topological polar surface area (TPSA) is 0 Å². The van der Waals surface area contributed by atoms with Gasteiger partial charge in [0.25, 0.3) is 0 Å². The Labute approximate surface area is 77.3 Å². The predicted octanol–water partition coefficient (Wildman–Crippen LogP) is 3.63. The van der Waals surface area contributed by atoms with E-state index in [0.29, 0.717) is 11.6 Å². The highest BCUT2D eigenvalue weighted by Gasteiger charge is 2.08. The van der Waals surface area contributed by atoms with Crippen molar-refractivity contribution in [3.05, 3.63) is 37.0 Å². The fourth-order valence-corrected chi connectivity index (χ4v) is 1.23. The number of hydrogen-bond donors (Lipinski definition) is 0. The molecule has 0 aromatic heterocycles. The summed E-state index contributed by atoms with van der Waals surface area (Å²) >= 11 is 0. The Kier molecular flexibility index (Phi) is 5.52. The lowest BCUT2D eigenvalue weighted by atomic mass is 9.54. The van der Waals surface area contributed by atoms with E-state index in [1.165, 1.54) is 5.57 Å². The minimum atomic E-state index is 0.473. The molecule has 0 aromatic rings. The monoisotopic (exact) mass is 161 g/mol. The molecule has 0 N–H and O–H groups in total. The van der Waals surface area contributed by atoms with E-state index < -0.39 is 0 Å². The fraction of sp³-hybridized carbons (Fsp3) is 0.455. The van der Waals surface area contributed by atoms with Crippen LogP contribution in [0.4, 0.5) is 0 Å². The van der Waals surface area contributed by atoms with Crippen molar-refractivity contribution in [2.24, 2.45) is 0 Å². The smallest absolute Gasteiger partial charge is 0.0991 e. The van der Waals surface area contributed by atoms with Gasteiger partial charge in [0.15, 0.2) is 0 Å². The maximum atomic E-state index is 3.77. The lowest BCUT2D eigenvalue weighted by molar-refractivity contribution is 0.998. The van der Waals surface area contributed by atoms with Crippen molar-refractivity contribution in [2.45, 2.75) is 32.4 Å². The van der Waals surface area contributed by atoms with E-state index in [1.54, 1.807) is 0 Å². The zero-order valence-corrected chi connectivity index (χ0v) is 8.38. The molecular formula is C11H18B. The van der Waals surface area contributed by atoms with E-state index in [2.05, 4.69) is 41.2 Å². The molecule has 0 aromatic carbocycles. The van der Waals surface area contributed by atoms with Crippen LogP contribution in [0.25, 0.3) is 0 Å². The van der Waals surface area contributed by atoms with Gasteiger partial charge >= 0.3 is 0 Å². The molecular weight excluding hydrogens is 143 g/mol. The van der Waals surface area contributed by atoms with E-state index in [4.69, 9.17) is 0 Å². The van der Waals surface area contributed by atoms with Crippen molar-refractivity contribution < 1.29 is 0 Å². The Morgan fingerprint density at radius 2 is 1.83 bits per heavy atom. The molecule has 0 nitrogen and oxygen atoms in total. The summed E-state index contributed by atoms with van der Waals surface area (Å²) in [6.45, 7) is 14.0. The summed E-state index contributed by atoms with van der Waals surface area (Å²) in [7, 11) is 2.30. The van der Waals surface area contributed by atoms with E-state index in [9.17, 15) is 0 Å². The Morgan fingerprint density at radius 1 is 1.25 bits per heavy atom.